The summed E-state index contributed by atoms with van der Waals surface area (Å²) in [4.78, 5) is 6.90. The number of nitrogens with zero attached hydrogens (tertiary/aromatic N) is 2. The van der Waals surface area contributed by atoms with Crippen LogP contribution in [0.25, 0.3) is 22.2 Å². The molecule has 0 radical (unpaired) electrons. The number of benzene rings is 1. The summed E-state index contributed by atoms with van der Waals surface area (Å²) in [6, 6.07) is 8.39. The van der Waals surface area contributed by atoms with Gasteiger partial charge >= 0.3 is 0 Å². The van der Waals surface area contributed by atoms with Gasteiger partial charge in [0.1, 0.15) is 0 Å². The number of hydrogen-bond acceptors (Lipinski definition) is 4. The van der Waals surface area contributed by atoms with E-state index in [2.05, 4.69) is 56.0 Å². The van der Waals surface area contributed by atoms with Gasteiger partial charge in [-0.05, 0) is 68.1 Å². The lowest BCUT2D eigenvalue weighted by Crippen LogP contribution is -1.89. The Morgan fingerprint density at radius 1 is 1.10 bits per heavy atom. The van der Waals surface area contributed by atoms with Gasteiger partial charge in [-0.25, -0.2) is 0 Å². The molecule has 4 heteroatoms. The predicted molar refractivity (Wildman–Crippen MR) is 86.6 cm³/mol. The maximum Gasteiger partial charge on any atom is 0.268 e. The van der Waals surface area contributed by atoms with E-state index < -0.39 is 0 Å². The predicted octanol–water partition coefficient (Wildman–Crippen LogP) is 4.95. The van der Waals surface area contributed by atoms with E-state index in [0.29, 0.717) is 11.7 Å². The zero-order valence-corrected chi connectivity index (χ0v) is 13.5. The zero-order chi connectivity index (χ0) is 15.0. The van der Waals surface area contributed by atoms with Crippen LogP contribution in [0.4, 0.5) is 0 Å². The van der Waals surface area contributed by atoms with Crippen LogP contribution in [-0.4, -0.2) is 10.1 Å². The maximum absolute atomic E-state index is 5.42. The lowest BCUT2D eigenvalue weighted by molar-refractivity contribution is 0.433. The summed E-state index contributed by atoms with van der Waals surface area (Å²) in [5.74, 6) is 1.26. The number of hydrogen-bond donors (Lipinski definition) is 0. The van der Waals surface area contributed by atoms with Crippen LogP contribution in [-0.2, 0) is 6.42 Å². The highest BCUT2D eigenvalue weighted by Crippen LogP contribution is 2.29. The monoisotopic (exact) mass is 298 g/mol. The van der Waals surface area contributed by atoms with Gasteiger partial charge in [-0.1, -0.05) is 12.1 Å². The Kier molecular flexibility index (Phi) is 3.64. The molecule has 2 heterocycles. The molecular formula is C17H18N2OS. The smallest absolute Gasteiger partial charge is 0.268 e. The highest BCUT2D eigenvalue weighted by molar-refractivity contribution is 7.15. The minimum absolute atomic E-state index is 0.602. The first-order chi connectivity index (χ1) is 10.1. The standard InChI is InChI=1S/C17H18N2OS/c1-5-14-6-7-15(21-14)17-18-16(19-20-17)13-8-10(2)12(4)11(3)9-13/h6-9H,5H2,1-4H3. The van der Waals surface area contributed by atoms with Crippen molar-refractivity contribution in [2.45, 2.75) is 34.1 Å². The van der Waals surface area contributed by atoms with Gasteiger partial charge in [0.25, 0.3) is 5.89 Å². The second-order valence-corrected chi connectivity index (χ2v) is 6.45. The Morgan fingerprint density at radius 2 is 1.81 bits per heavy atom. The molecule has 0 aliphatic rings. The third-order valence-corrected chi connectivity index (χ3v) is 5.05. The van der Waals surface area contributed by atoms with E-state index in [1.807, 2.05) is 6.07 Å². The molecule has 0 bridgehead atoms. The van der Waals surface area contributed by atoms with Gasteiger partial charge in [-0.3, -0.25) is 0 Å². The van der Waals surface area contributed by atoms with Gasteiger partial charge in [0, 0.05) is 10.4 Å². The van der Waals surface area contributed by atoms with Gasteiger partial charge in [-0.15, -0.1) is 11.3 Å². The molecule has 0 fully saturated rings. The van der Waals surface area contributed by atoms with E-state index in [9.17, 15) is 0 Å². The van der Waals surface area contributed by atoms with Crippen molar-refractivity contribution in [2.75, 3.05) is 0 Å². The number of aryl methyl sites for hydroxylation is 3. The molecule has 0 saturated heterocycles. The van der Waals surface area contributed by atoms with Crippen LogP contribution in [0.2, 0.25) is 0 Å². The quantitative estimate of drug-likeness (QED) is 0.686. The van der Waals surface area contributed by atoms with Crippen LogP contribution >= 0.6 is 11.3 Å². The normalized spacial score (nSPS) is 11.0. The fraction of sp³-hybridized carbons (Fsp3) is 0.294. The number of rotatable bonds is 3. The van der Waals surface area contributed by atoms with Crippen LogP contribution in [0, 0.1) is 20.8 Å². The summed E-state index contributed by atoms with van der Waals surface area (Å²) in [5, 5.41) is 4.13. The molecule has 0 aliphatic heterocycles. The molecule has 2 aromatic heterocycles. The fourth-order valence-corrected chi connectivity index (χ4v) is 3.16. The number of aromatic nitrogens is 2. The molecule has 3 rings (SSSR count). The lowest BCUT2D eigenvalue weighted by Gasteiger charge is -2.06. The summed E-state index contributed by atoms with van der Waals surface area (Å²) < 4.78 is 5.42. The largest absolute Gasteiger partial charge is 0.333 e. The zero-order valence-electron chi connectivity index (χ0n) is 12.7. The third kappa shape index (κ3) is 2.63. The molecule has 3 aromatic rings. The molecule has 3 nitrogen and oxygen atoms in total. The first-order valence-electron chi connectivity index (χ1n) is 7.09. The lowest BCUT2D eigenvalue weighted by atomic mass is 10.0. The molecule has 108 valence electrons. The van der Waals surface area contributed by atoms with Crippen LogP contribution < -0.4 is 0 Å². The van der Waals surface area contributed by atoms with Gasteiger partial charge in [0.15, 0.2) is 0 Å². The first-order valence-corrected chi connectivity index (χ1v) is 7.91. The number of thiophene rings is 1. The van der Waals surface area contributed by atoms with E-state index in [1.54, 1.807) is 11.3 Å². The molecule has 21 heavy (non-hydrogen) atoms. The second-order valence-electron chi connectivity index (χ2n) is 5.28. The van der Waals surface area contributed by atoms with E-state index in [-0.39, 0.29) is 0 Å². The van der Waals surface area contributed by atoms with Gasteiger partial charge in [0.05, 0.1) is 4.88 Å². The van der Waals surface area contributed by atoms with Gasteiger partial charge in [0.2, 0.25) is 5.82 Å². The Morgan fingerprint density at radius 3 is 2.43 bits per heavy atom. The minimum atomic E-state index is 0.602. The van der Waals surface area contributed by atoms with Gasteiger partial charge < -0.3 is 4.52 Å². The van der Waals surface area contributed by atoms with E-state index in [4.69, 9.17) is 4.52 Å². The molecule has 0 aliphatic carbocycles. The van der Waals surface area contributed by atoms with Crippen LogP contribution in [0.3, 0.4) is 0 Å². The summed E-state index contributed by atoms with van der Waals surface area (Å²) in [5.41, 5.74) is 4.83. The second kappa shape index (κ2) is 5.45. The summed E-state index contributed by atoms with van der Waals surface area (Å²) in [6.07, 6.45) is 1.03. The van der Waals surface area contributed by atoms with Crippen LogP contribution in [0.1, 0.15) is 28.5 Å². The van der Waals surface area contributed by atoms with Gasteiger partial charge in [-0.2, -0.15) is 4.98 Å². The van der Waals surface area contributed by atoms with Crippen molar-refractivity contribution in [3.05, 3.63) is 45.8 Å². The molecule has 0 atom stereocenters. The summed E-state index contributed by atoms with van der Waals surface area (Å²) >= 11 is 1.71. The van der Waals surface area contributed by atoms with Crippen molar-refractivity contribution >= 4 is 11.3 Å². The topological polar surface area (TPSA) is 38.9 Å². The summed E-state index contributed by atoms with van der Waals surface area (Å²) in [7, 11) is 0. The van der Waals surface area contributed by atoms with Crippen molar-refractivity contribution in [3.8, 4) is 22.2 Å². The third-order valence-electron chi connectivity index (χ3n) is 3.83. The molecule has 0 spiro atoms. The molecule has 0 N–H and O–H groups in total. The van der Waals surface area contributed by atoms with Crippen molar-refractivity contribution < 1.29 is 4.52 Å². The highest BCUT2D eigenvalue weighted by Gasteiger charge is 2.13. The first kappa shape index (κ1) is 14.0. The Hall–Kier alpha value is -1.94. The molecule has 1 aromatic carbocycles. The maximum atomic E-state index is 5.42. The van der Waals surface area contributed by atoms with E-state index in [1.165, 1.54) is 21.6 Å². The van der Waals surface area contributed by atoms with Crippen molar-refractivity contribution in [1.82, 2.24) is 10.1 Å². The average molecular weight is 298 g/mol. The Balaban J connectivity index is 1.98. The van der Waals surface area contributed by atoms with E-state index >= 15 is 0 Å². The van der Waals surface area contributed by atoms with Crippen LogP contribution in [0.15, 0.2) is 28.8 Å². The minimum Gasteiger partial charge on any atom is -0.333 e. The Bertz CT molecular complexity index is 763. The molecule has 0 amide bonds. The molecule has 0 saturated carbocycles. The van der Waals surface area contributed by atoms with Crippen molar-refractivity contribution in [2.24, 2.45) is 0 Å². The SMILES string of the molecule is CCc1ccc(-c2nc(-c3cc(C)c(C)c(C)c3)no2)s1. The van der Waals surface area contributed by atoms with E-state index in [0.717, 1.165) is 16.9 Å². The van der Waals surface area contributed by atoms with Crippen LogP contribution in [0.5, 0.6) is 0 Å². The average Bonchev–Trinajstić information content (AvgIpc) is 3.12. The van der Waals surface area contributed by atoms with Crippen molar-refractivity contribution in [1.29, 1.82) is 0 Å². The highest BCUT2D eigenvalue weighted by atomic mass is 32.1. The molecular weight excluding hydrogens is 280 g/mol. The van der Waals surface area contributed by atoms with Crippen molar-refractivity contribution in [3.63, 3.8) is 0 Å². The Labute approximate surface area is 128 Å². The summed E-state index contributed by atoms with van der Waals surface area (Å²) in [6.45, 7) is 8.50. The molecule has 0 unspecified atom stereocenters. The fourth-order valence-electron chi connectivity index (χ4n) is 2.29.